The highest BCUT2D eigenvalue weighted by molar-refractivity contribution is 5.99. The number of likely N-dealkylation sites (N-methyl/N-ethyl adjacent to an activating group) is 1. The summed E-state index contributed by atoms with van der Waals surface area (Å²) < 4.78 is 12.9. The fourth-order valence-corrected chi connectivity index (χ4v) is 2.15. The second kappa shape index (κ2) is 6.53. The van der Waals surface area contributed by atoms with E-state index in [1.807, 2.05) is 36.2 Å². The normalized spacial score (nSPS) is 10.7. The highest BCUT2D eigenvalue weighted by atomic mass is 19.1. The number of rotatable bonds is 5. The summed E-state index contributed by atoms with van der Waals surface area (Å²) in [6, 6.07) is 13.9. The maximum Gasteiger partial charge on any atom is 0.182 e. The van der Waals surface area contributed by atoms with Crippen molar-refractivity contribution >= 4 is 11.5 Å². The number of halogens is 1. The average Bonchev–Trinajstić information content (AvgIpc) is 2.47. The van der Waals surface area contributed by atoms with Gasteiger partial charge >= 0.3 is 0 Å². The summed E-state index contributed by atoms with van der Waals surface area (Å²) in [5, 5.41) is 0. The van der Waals surface area contributed by atoms with Crippen LogP contribution in [0.2, 0.25) is 0 Å². The number of Topliss-reactive ketones (excluding diaryl/α,β-unsaturated/α-hetero) is 1. The Bertz CT molecular complexity index is 602. The predicted molar refractivity (Wildman–Crippen MR) is 84.5 cm³/mol. The lowest BCUT2D eigenvalue weighted by molar-refractivity contribution is 0.100. The van der Waals surface area contributed by atoms with Gasteiger partial charge in [0.1, 0.15) is 5.82 Å². The van der Waals surface area contributed by atoms with Crippen molar-refractivity contribution in [3.8, 4) is 0 Å². The first-order valence-electron chi connectivity index (χ1n) is 7.07. The smallest absolute Gasteiger partial charge is 0.182 e. The highest BCUT2D eigenvalue weighted by Gasteiger charge is 2.10. The van der Waals surface area contributed by atoms with Gasteiger partial charge in [0.25, 0.3) is 0 Å². The molecule has 0 saturated heterocycles. The van der Waals surface area contributed by atoms with Gasteiger partial charge in [-0.05, 0) is 35.7 Å². The van der Waals surface area contributed by atoms with Gasteiger partial charge in [0.05, 0.1) is 6.54 Å². The Morgan fingerprint density at radius 2 is 1.62 bits per heavy atom. The lowest BCUT2D eigenvalue weighted by Crippen LogP contribution is -2.25. The summed E-state index contributed by atoms with van der Waals surface area (Å²) >= 11 is 0. The molecule has 0 bridgehead atoms. The molecule has 0 atom stereocenters. The fourth-order valence-electron chi connectivity index (χ4n) is 2.15. The maximum atomic E-state index is 12.9. The topological polar surface area (TPSA) is 20.3 Å². The summed E-state index contributed by atoms with van der Waals surface area (Å²) in [5.74, 6) is 0.232. The van der Waals surface area contributed by atoms with Gasteiger partial charge in [0.2, 0.25) is 0 Å². The summed E-state index contributed by atoms with van der Waals surface area (Å²) in [5.41, 5.74) is 2.75. The molecule has 3 heteroatoms. The molecule has 0 saturated carbocycles. The van der Waals surface area contributed by atoms with E-state index in [1.54, 1.807) is 12.1 Å². The average molecular weight is 285 g/mol. The van der Waals surface area contributed by atoms with Crippen molar-refractivity contribution in [1.82, 2.24) is 0 Å². The van der Waals surface area contributed by atoms with E-state index in [-0.39, 0.29) is 18.1 Å². The second-order valence-electron chi connectivity index (χ2n) is 5.53. The molecule has 0 aromatic heterocycles. The standard InChI is InChI=1S/C18H20FNO/c1-13(2)14-4-6-15(7-5-14)18(21)12-20(3)17-10-8-16(19)9-11-17/h4-11,13H,12H2,1-3H3. The monoisotopic (exact) mass is 285 g/mol. The molecule has 2 aromatic rings. The predicted octanol–water partition coefficient (Wildman–Crippen LogP) is 4.27. The Hall–Kier alpha value is -2.16. The Balaban J connectivity index is 2.05. The molecular formula is C18H20FNO. The van der Waals surface area contributed by atoms with E-state index >= 15 is 0 Å². The zero-order chi connectivity index (χ0) is 15.4. The molecule has 2 nitrogen and oxygen atoms in total. The summed E-state index contributed by atoms with van der Waals surface area (Å²) in [6.07, 6.45) is 0. The molecular weight excluding hydrogens is 265 g/mol. The number of benzene rings is 2. The third kappa shape index (κ3) is 3.91. The van der Waals surface area contributed by atoms with E-state index in [9.17, 15) is 9.18 Å². The van der Waals surface area contributed by atoms with Crippen LogP contribution in [0.5, 0.6) is 0 Å². The van der Waals surface area contributed by atoms with Crippen molar-refractivity contribution in [3.63, 3.8) is 0 Å². The molecule has 2 aromatic carbocycles. The van der Waals surface area contributed by atoms with Crippen LogP contribution in [0.3, 0.4) is 0 Å². The van der Waals surface area contributed by atoms with Crippen LogP contribution < -0.4 is 4.90 Å². The molecule has 21 heavy (non-hydrogen) atoms. The van der Waals surface area contributed by atoms with Gasteiger partial charge < -0.3 is 4.90 Å². The van der Waals surface area contributed by atoms with Gasteiger partial charge in [-0.3, -0.25) is 4.79 Å². The summed E-state index contributed by atoms with van der Waals surface area (Å²) in [7, 11) is 1.83. The van der Waals surface area contributed by atoms with Crippen molar-refractivity contribution in [1.29, 1.82) is 0 Å². The molecule has 2 rings (SSSR count). The van der Waals surface area contributed by atoms with Crippen molar-refractivity contribution < 1.29 is 9.18 Å². The van der Waals surface area contributed by atoms with Crippen molar-refractivity contribution in [2.24, 2.45) is 0 Å². The van der Waals surface area contributed by atoms with Gasteiger partial charge in [0, 0.05) is 18.3 Å². The first-order valence-corrected chi connectivity index (χ1v) is 7.07. The zero-order valence-electron chi connectivity index (χ0n) is 12.6. The molecule has 0 spiro atoms. The number of carbonyl (C=O) groups is 1. The van der Waals surface area contributed by atoms with Crippen LogP contribution in [0.1, 0.15) is 35.7 Å². The number of carbonyl (C=O) groups excluding carboxylic acids is 1. The highest BCUT2D eigenvalue weighted by Crippen LogP contribution is 2.17. The van der Waals surface area contributed by atoms with E-state index in [0.29, 0.717) is 11.5 Å². The molecule has 0 aliphatic rings. The molecule has 0 fully saturated rings. The van der Waals surface area contributed by atoms with Gasteiger partial charge in [-0.15, -0.1) is 0 Å². The summed E-state index contributed by atoms with van der Waals surface area (Å²) in [4.78, 5) is 14.1. The van der Waals surface area contributed by atoms with Crippen LogP contribution in [0.4, 0.5) is 10.1 Å². The van der Waals surface area contributed by atoms with E-state index in [4.69, 9.17) is 0 Å². The van der Waals surface area contributed by atoms with Crippen LogP contribution in [-0.2, 0) is 0 Å². The Kier molecular flexibility index (Phi) is 4.73. The van der Waals surface area contributed by atoms with Gasteiger partial charge in [-0.2, -0.15) is 0 Å². The van der Waals surface area contributed by atoms with Crippen molar-refractivity contribution in [2.75, 3.05) is 18.5 Å². The van der Waals surface area contributed by atoms with Gasteiger partial charge in [0.15, 0.2) is 5.78 Å². The first kappa shape index (κ1) is 15.2. The molecule has 110 valence electrons. The van der Waals surface area contributed by atoms with E-state index in [1.165, 1.54) is 17.7 Å². The van der Waals surface area contributed by atoms with E-state index < -0.39 is 0 Å². The number of anilines is 1. The van der Waals surface area contributed by atoms with Crippen LogP contribution in [0, 0.1) is 5.82 Å². The Morgan fingerprint density at radius 1 is 1.05 bits per heavy atom. The van der Waals surface area contributed by atoms with E-state index in [0.717, 1.165) is 5.69 Å². The van der Waals surface area contributed by atoms with Crippen LogP contribution in [0.15, 0.2) is 48.5 Å². The third-order valence-electron chi connectivity index (χ3n) is 3.55. The lowest BCUT2D eigenvalue weighted by atomic mass is 10.0. The number of hydrogen-bond donors (Lipinski definition) is 0. The zero-order valence-corrected chi connectivity index (χ0v) is 12.6. The number of hydrogen-bond acceptors (Lipinski definition) is 2. The molecule has 0 aliphatic carbocycles. The Morgan fingerprint density at radius 3 is 2.14 bits per heavy atom. The Labute approximate surface area is 125 Å². The fraction of sp³-hybridized carbons (Fsp3) is 0.278. The minimum Gasteiger partial charge on any atom is -0.367 e. The SMILES string of the molecule is CC(C)c1ccc(C(=O)CN(C)c2ccc(F)cc2)cc1. The molecule has 0 unspecified atom stereocenters. The minimum atomic E-state index is -0.275. The van der Waals surface area contributed by atoms with Crippen molar-refractivity contribution in [3.05, 3.63) is 65.5 Å². The molecule has 0 amide bonds. The quantitative estimate of drug-likeness (QED) is 0.765. The number of ketones is 1. The molecule has 0 N–H and O–H groups in total. The maximum absolute atomic E-state index is 12.9. The van der Waals surface area contributed by atoms with Crippen LogP contribution in [-0.4, -0.2) is 19.4 Å². The first-order chi connectivity index (χ1) is 9.97. The molecule has 0 radical (unpaired) electrons. The molecule has 0 aliphatic heterocycles. The van der Waals surface area contributed by atoms with Crippen LogP contribution in [0.25, 0.3) is 0 Å². The van der Waals surface area contributed by atoms with E-state index in [2.05, 4.69) is 13.8 Å². The van der Waals surface area contributed by atoms with Crippen LogP contribution >= 0.6 is 0 Å². The van der Waals surface area contributed by atoms with Crippen molar-refractivity contribution in [2.45, 2.75) is 19.8 Å². The van der Waals surface area contributed by atoms with Gasteiger partial charge in [-0.1, -0.05) is 38.1 Å². The summed E-state index contributed by atoms with van der Waals surface area (Å²) in [6.45, 7) is 4.52. The number of nitrogens with zero attached hydrogens (tertiary/aromatic N) is 1. The second-order valence-corrected chi connectivity index (χ2v) is 5.53. The molecule has 0 heterocycles. The third-order valence-corrected chi connectivity index (χ3v) is 3.55. The minimum absolute atomic E-state index is 0.0529. The lowest BCUT2D eigenvalue weighted by Gasteiger charge is -2.18. The largest absolute Gasteiger partial charge is 0.367 e. The van der Waals surface area contributed by atoms with Gasteiger partial charge in [-0.25, -0.2) is 4.39 Å².